The maximum Gasteiger partial charge on any atom is 0.328 e. The summed E-state index contributed by atoms with van der Waals surface area (Å²) in [4.78, 5) is 27.9. The normalized spacial score (nSPS) is 11.5. The molecule has 0 radical (unpaired) electrons. The van der Waals surface area contributed by atoms with Gasteiger partial charge < -0.3 is 15.8 Å². The van der Waals surface area contributed by atoms with Gasteiger partial charge in [0.25, 0.3) is 5.91 Å². The molecule has 0 bridgehead atoms. The molecule has 3 N–H and O–H groups in total. The number of rotatable bonds is 5. The molecule has 0 aliphatic carbocycles. The van der Waals surface area contributed by atoms with Gasteiger partial charge in [0.1, 0.15) is 6.04 Å². The second kappa shape index (κ2) is 7.21. The van der Waals surface area contributed by atoms with Crippen LogP contribution in [0.3, 0.4) is 0 Å². The summed E-state index contributed by atoms with van der Waals surface area (Å²) in [5.41, 5.74) is 7.52. The van der Waals surface area contributed by atoms with Crippen LogP contribution in [0.4, 0.5) is 5.69 Å². The number of hydrogen-bond acceptors (Lipinski definition) is 5. The monoisotopic (exact) mass is 299 g/mol. The molecule has 2 aromatic rings. The van der Waals surface area contributed by atoms with E-state index in [1.54, 1.807) is 30.5 Å². The van der Waals surface area contributed by atoms with E-state index < -0.39 is 12.0 Å². The highest BCUT2D eigenvalue weighted by atomic mass is 16.5. The number of aromatic nitrogens is 1. The summed E-state index contributed by atoms with van der Waals surface area (Å²) < 4.78 is 4.75. The highest BCUT2D eigenvalue weighted by Crippen LogP contribution is 2.09. The fourth-order valence-corrected chi connectivity index (χ4v) is 1.96. The second-order valence-corrected chi connectivity index (χ2v) is 4.74. The Morgan fingerprint density at radius 3 is 2.59 bits per heavy atom. The van der Waals surface area contributed by atoms with E-state index >= 15 is 0 Å². The lowest BCUT2D eigenvalue weighted by Gasteiger charge is -2.16. The summed E-state index contributed by atoms with van der Waals surface area (Å²) in [5.74, 6) is -0.881. The minimum atomic E-state index is -0.777. The van der Waals surface area contributed by atoms with Crippen LogP contribution in [0.25, 0.3) is 0 Å². The fourth-order valence-electron chi connectivity index (χ4n) is 1.96. The molecule has 6 heteroatoms. The molecule has 0 unspecified atom stereocenters. The van der Waals surface area contributed by atoms with Crippen LogP contribution in [-0.2, 0) is 16.0 Å². The molecule has 0 aliphatic rings. The highest BCUT2D eigenvalue weighted by molar-refractivity contribution is 5.96. The zero-order valence-electron chi connectivity index (χ0n) is 12.2. The number of benzene rings is 1. The number of esters is 1. The van der Waals surface area contributed by atoms with E-state index in [1.165, 1.54) is 13.3 Å². The van der Waals surface area contributed by atoms with Crippen LogP contribution < -0.4 is 11.1 Å². The Hall–Kier alpha value is -2.89. The molecule has 1 aromatic carbocycles. The number of ether oxygens (including phenoxy) is 1. The molecule has 0 spiro atoms. The average Bonchev–Trinajstić information content (AvgIpc) is 2.56. The first-order chi connectivity index (χ1) is 10.6. The predicted molar refractivity (Wildman–Crippen MR) is 82.1 cm³/mol. The molecule has 2 rings (SSSR count). The predicted octanol–water partition coefficient (Wildman–Crippen LogP) is 1.18. The molecular formula is C16H17N3O3. The summed E-state index contributed by atoms with van der Waals surface area (Å²) in [5, 5.41) is 2.66. The Bertz CT molecular complexity index is 641. The Morgan fingerprint density at radius 2 is 2.00 bits per heavy atom. The molecule has 0 saturated carbocycles. The van der Waals surface area contributed by atoms with Crippen molar-refractivity contribution in [1.29, 1.82) is 0 Å². The van der Waals surface area contributed by atoms with Crippen LogP contribution in [0, 0.1) is 0 Å². The van der Waals surface area contributed by atoms with Crippen LogP contribution in [-0.4, -0.2) is 30.0 Å². The van der Waals surface area contributed by atoms with Gasteiger partial charge >= 0.3 is 5.97 Å². The van der Waals surface area contributed by atoms with Crippen molar-refractivity contribution in [2.45, 2.75) is 12.5 Å². The molecular weight excluding hydrogens is 282 g/mol. The van der Waals surface area contributed by atoms with Crippen molar-refractivity contribution in [2.24, 2.45) is 0 Å². The van der Waals surface area contributed by atoms with Crippen molar-refractivity contribution < 1.29 is 14.3 Å². The molecule has 0 fully saturated rings. The minimum absolute atomic E-state index is 0.318. The number of nitrogen functional groups attached to an aromatic ring is 1. The van der Waals surface area contributed by atoms with Crippen LogP contribution in [0.1, 0.15) is 15.9 Å². The summed E-state index contributed by atoms with van der Waals surface area (Å²) in [6, 6.07) is 9.60. The highest BCUT2D eigenvalue weighted by Gasteiger charge is 2.22. The summed E-state index contributed by atoms with van der Waals surface area (Å²) in [7, 11) is 1.29. The third kappa shape index (κ3) is 4.05. The first-order valence-electron chi connectivity index (χ1n) is 6.73. The van der Waals surface area contributed by atoms with Crippen LogP contribution >= 0.6 is 0 Å². The molecule has 1 heterocycles. The van der Waals surface area contributed by atoms with Gasteiger partial charge in [0.2, 0.25) is 0 Å². The molecule has 0 saturated heterocycles. The van der Waals surface area contributed by atoms with Crippen LogP contribution in [0.5, 0.6) is 0 Å². The Labute approximate surface area is 128 Å². The van der Waals surface area contributed by atoms with Crippen molar-refractivity contribution in [2.75, 3.05) is 12.8 Å². The van der Waals surface area contributed by atoms with Crippen molar-refractivity contribution in [3.05, 3.63) is 59.9 Å². The quantitative estimate of drug-likeness (QED) is 0.638. The summed E-state index contributed by atoms with van der Waals surface area (Å²) in [6.07, 6.45) is 3.33. The number of carbonyl (C=O) groups excluding carboxylic acids is 2. The molecule has 1 atom stereocenters. The minimum Gasteiger partial charge on any atom is -0.467 e. The van der Waals surface area contributed by atoms with Crippen LogP contribution in [0.2, 0.25) is 0 Å². The lowest BCUT2D eigenvalue weighted by molar-refractivity contribution is -0.142. The van der Waals surface area contributed by atoms with E-state index in [9.17, 15) is 9.59 Å². The van der Waals surface area contributed by atoms with Crippen LogP contribution in [0.15, 0.2) is 48.8 Å². The average molecular weight is 299 g/mol. The standard InChI is InChI=1S/C16H17N3O3/c1-22-16(21)14(9-11-4-6-13(17)7-5-11)19-15(20)12-3-2-8-18-10-12/h2-8,10,14H,9,17H2,1H3,(H,19,20)/t14-/m1/s1. The Morgan fingerprint density at radius 1 is 1.27 bits per heavy atom. The van der Waals surface area contributed by atoms with E-state index in [0.717, 1.165) is 5.56 Å². The van der Waals surface area contributed by atoms with Gasteiger partial charge in [-0.1, -0.05) is 12.1 Å². The molecule has 1 amide bonds. The van der Waals surface area contributed by atoms with Crippen molar-refractivity contribution in [3.63, 3.8) is 0 Å². The van der Waals surface area contributed by atoms with E-state index in [-0.39, 0.29) is 5.91 Å². The summed E-state index contributed by atoms with van der Waals surface area (Å²) >= 11 is 0. The number of nitrogens with two attached hydrogens (primary N) is 1. The number of hydrogen-bond donors (Lipinski definition) is 2. The molecule has 0 aliphatic heterocycles. The molecule has 6 nitrogen and oxygen atoms in total. The van der Waals surface area contributed by atoms with Gasteiger partial charge in [0, 0.05) is 24.5 Å². The van der Waals surface area contributed by atoms with Gasteiger partial charge in [-0.2, -0.15) is 0 Å². The number of pyridine rings is 1. The largest absolute Gasteiger partial charge is 0.467 e. The third-order valence-electron chi connectivity index (χ3n) is 3.13. The number of carbonyl (C=O) groups is 2. The lowest BCUT2D eigenvalue weighted by atomic mass is 10.1. The van der Waals surface area contributed by atoms with Gasteiger partial charge in [-0.05, 0) is 29.8 Å². The van der Waals surface area contributed by atoms with Gasteiger partial charge in [-0.15, -0.1) is 0 Å². The first-order valence-corrected chi connectivity index (χ1v) is 6.73. The van der Waals surface area contributed by atoms with Gasteiger partial charge in [-0.3, -0.25) is 9.78 Å². The third-order valence-corrected chi connectivity index (χ3v) is 3.13. The fraction of sp³-hybridized carbons (Fsp3) is 0.188. The van der Waals surface area contributed by atoms with Crippen molar-refractivity contribution in [3.8, 4) is 0 Å². The Kier molecular flexibility index (Phi) is 5.08. The van der Waals surface area contributed by atoms with Gasteiger partial charge in [0.05, 0.1) is 12.7 Å². The SMILES string of the molecule is COC(=O)[C@@H](Cc1ccc(N)cc1)NC(=O)c1cccnc1. The number of anilines is 1. The van der Waals surface area contributed by atoms with Gasteiger partial charge in [-0.25, -0.2) is 4.79 Å². The molecule has 22 heavy (non-hydrogen) atoms. The van der Waals surface area contributed by atoms with E-state index in [1.807, 2.05) is 12.1 Å². The number of amides is 1. The number of nitrogens with zero attached hydrogens (tertiary/aromatic N) is 1. The molecule has 1 aromatic heterocycles. The topological polar surface area (TPSA) is 94.3 Å². The maximum atomic E-state index is 12.1. The zero-order valence-corrected chi connectivity index (χ0v) is 12.2. The van der Waals surface area contributed by atoms with E-state index in [0.29, 0.717) is 17.7 Å². The maximum absolute atomic E-state index is 12.1. The lowest BCUT2D eigenvalue weighted by Crippen LogP contribution is -2.43. The Balaban J connectivity index is 2.11. The number of nitrogens with one attached hydrogen (secondary N) is 1. The second-order valence-electron chi connectivity index (χ2n) is 4.74. The number of methoxy groups -OCH3 is 1. The first kappa shape index (κ1) is 15.5. The smallest absolute Gasteiger partial charge is 0.328 e. The zero-order chi connectivity index (χ0) is 15.9. The summed E-state index contributed by atoms with van der Waals surface area (Å²) in [6.45, 7) is 0. The van der Waals surface area contributed by atoms with E-state index in [2.05, 4.69) is 10.3 Å². The molecule has 114 valence electrons. The van der Waals surface area contributed by atoms with Crippen molar-refractivity contribution >= 4 is 17.6 Å². The van der Waals surface area contributed by atoms with Gasteiger partial charge in [0.15, 0.2) is 0 Å². The van der Waals surface area contributed by atoms with E-state index in [4.69, 9.17) is 10.5 Å². The van der Waals surface area contributed by atoms with Crippen molar-refractivity contribution in [1.82, 2.24) is 10.3 Å².